The van der Waals surface area contributed by atoms with Crippen molar-refractivity contribution < 1.29 is 4.79 Å². The number of hydrogen-bond donors (Lipinski definition) is 1. The normalized spacial score (nSPS) is 11.9. The van der Waals surface area contributed by atoms with Gasteiger partial charge in [-0.05, 0) is 29.7 Å². The predicted octanol–water partition coefficient (Wildman–Crippen LogP) is 3.39. The first-order chi connectivity index (χ1) is 9.70. The average molecular weight is 285 g/mol. The summed E-state index contributed by atoms with van der Waals surface area (Å²) in [7, 11) is 0. The Hall–Kier alpha value is -2.10. The molecule has 112 valence electrons. The molecule has 21 heavy (non-hydrogen) atoms. The second-order valence-electron chi connectivity index (χ2n) is 6.69. The summed E-state index contributed by atoms with van der Waals surface area (Å²) < 4.78 is 1.63. The molecule has 0 fully saturated rings. The Morgan fingerprint density at radius 3 is 2.19 bits per heavy atom. The lowest BCUT2D eigenvalue weighted by Gasteiger charge is -2.14. The molecule has 0 radical (unpaired) electrons. The van der Waals surface area contributed by atoms with Gasteiger partial charge in [0.2, 0.25) is 0 Å². The van der Waals surface area contributed by atoms with Gasteiger partial charge in [-0.15, -0.1) is 0 Å². The Morgan fingerprint density at radius 1 is 1.19 bits per heavy atom. The van der Waals surface area contributed by atoms with Crippen molar-refractivity contribution in [3.63, 3.8) is 0 Å². The molecule has 2 aromatic rings. The number of carbonyl (C=O) groups excluding carboxylic acids is 1. The summed E-state index contributed by atoms with van der Waals surface area (Å²) in [6.07, 6.45) is 0. The molecule has 0 saturated carbocycles. The highest BCUT2D eigenvalue weighted by molar-refractivity contribution is 5.91. The van der Waals surface area contributed by atoms with Crippen molar-refractivity contribution >= 4 is 5.91 Å². The third-order valence-electron chi connectivity index (χ3n) is 3.53. The van der Waals surface area contributed by atoms with E-state index in [0.29, 0.717) is 11.6 Å². The highest BCUT2D eigenvalue weighted by atomic mass is 16.1. The second kappa shape index (κ2) is 5.35. The Kier molecular flexibility index (Phi) is 3.90. The molecule has 0 saturated heterocycles. The summed E-state index contributed by atoms with van der Waals surface area (Å²) in [5.74, 6) is 0.00311. The van der Waals surface area contributed by atoms with Crippen molar-refractivity contribution in [3.05, 3.63) is 47.3 Å². The molecular weight excluding hydrogens is 262 g/mol. The first kappa shape index (κ1) is 15.3. The van der Waals surface area contributed by atoms with Crippen molar-refractivity contribution in [2.45, 2.75) is 46.0 Å². The van der Waals surface area contributed by atoms with Crippen LogP contribution in [0.5, 0.6) is 0 Å². The summed E-state index contributed by atoms with van der Waals surface area (Å²) in [5.41, 5.74) is 8.72. The zero-order valence-electron chi connectivity index (χ0n) is 13.3. The van der Waals surface area contributed by atoms with E-state index in [0.717, 1.165) is 11.4 Å². The van der Waals surface area contributed by atoms with Gasteiger partial charge >= 0.3 is 0 Å². The van der Waals surface area contributed by atoms with Gasteiger partial charge in [0.15, 0.2) is 0 Å². The number of nitrogens with zero attached hydrogens (tertiary/aromatic N) is 2. The third-order valence-corrected chi connectivity index (χ3v) is 3.53. The van der Waals surface area contributed by atoms with Crippen molar-refractivity contribution in [2.24, 2.45) is 5.73 Å². The molecule has 0 spiro atoms. The molecule has 0 aliphatic heterocycles. The average Bonchev–Trinajstić information content (AvgIpc) is 2.83. The Bertz CT molecular complexity index is 646. The fourth-order valence-electron chi connectivity index (χ4n) is 2.12. The van der Waals surface area contributed by atoms with Gasteiger partial charge in [0, 0.05) is 5.41 Å². The van der Waals surface area contributed by atoms with E-state index >= 15 is 0 Å². The number of nitrogens with two attached hydrogens (primary N) is 1. The van der Waals surface area contributed by atoms with E-state index in [1.54, 1.807) is 10.7 Å². The Labute approximate surface area is 126 Å². The first-order valence-electron chi connectivity index (χ1n) is 7.21. The number of hydrogen-bond acceptors (Lipinski definition) is 2. The summed E-state index contributed by atoms with van der Waals surface area (Å²) in [6, 6.07) is 9.84. The zero-order valence-corrected chi connectivity index (χ0v) is 13.3. The first-order valence-corrected chi connectivity index (χ1v) is 7.21. The summed E-state index contributed by atoms with van der Waals surface area (Å²) in [6.45, 7) is 10.5. The molecule has 4 heteroatoms. The van der Waals surface area contributed by atoms with E-state index in [4.69, 9.17) is 5.73 Å². The van der Waals surface area contributed by atoms with Crippen LogP contribution in [0.1, 0.15) is 62.3 Å². The molecule has 1 aromatic carbocycles. The van der Waals surface area contributed by atoms with Crippen molar-refractivity contribution in [3.8, 4) is 5.69 Å². The maximum Gasteiger partial charge on any atom is 0.267 e. The minimum absolute atomic E-state index is 0.132. The van der Waals surface area contributed by atoms with Crippen LogP contribution < -0.4 is 5.73 Å². The van der Waals surface area contributed by atoms with Crippen molar-refractivity contribution in [1.82, 2.24) is 9.78 Å². The molecule has 0 aliphatic carbocycles. The molecule has 1 heterocycles. The molecular formula is C17H23N3O. The number of rotatable bonds is 3. The van der Waals surface area contributed by atoms with E-state index in [9.17, 15) is 4.79 Å². The highest BCUT2D eigenvalue weighted by Gasteiger charge is 2.22. The minimum Gasteiger partial charge on any atom is -0.364 e. The monoisotopic (exact) mass is 285 g/mol. The van der Waals surface area contributed by atoms with Crippen molar-refractivity contribution in [2.75, 3.05) is 0 Å². The summed E-state index contributed by atoms with van der Waals surface area (Å²) >= 11 is 0. The lowest BCUT2D eigenvalue weighted by Crippen LogP contribution is -2.16. The highest BCUT2D eigenvalue weighted by Crippen LogP contribution is 2.24. The number of amides is 1. The molecule has 1 aromatic heterocycles. The molecule has 0 unspecified atom stereocenters. The van der Waals surface area contributed by atoms with E-state index < -0.39 is 5.91 Å². The molecule has 4 nitrogen and oxygen atoms in total. The maximum atomic E-state index is 11.7. The smallest absolute Gasteiger partial charge is 0.267 e. The standard InChI is InChI=1S/C17H23N3O/c1-11(2)12-6-8-13(9-7-12)20-14(16(18)21)10-15(19-20)17(3,4)5/h6-11H,1-5H3,(H2,18,21). The van der Waals surface area contributed by atoms with Gasteiger partial charge in [-0.1, -0.05) is 46.8 Å². The van der Waals surface area contributed by atoms with Crippen LogP contribution in [0.25, 0.3) is 5.69 Å². The van der Waals surface area contributed by atoms with Crippen LogP contribution in [0.2, 0.25) is 0 Å². The predicted molar refractivity (Wildman–Crippen MR) is 84.9 cm³/mol. The van der Waals surface area contributed by atoms with Gasteiger partial charge in [0.05, 0.1) is 11.4 Å². The van der Waals surface area contributed by atoms with Crippen molar-refractivity contribution in [1.29, 1.82) is 0 Å². The van der Waals surface area contributed by atoms with Gasteiger partial charge in [0.1, 0.15) is 5.69 Å². The van der Waals surface area contributed by atoms with Crippen LogP contribution in [0.3, 0.4) is 0 Å². The number of benzene rings is 1. The molecule has 0 aliphatic rings. The number of aromatic nitrogens is 2. The van der Waals surface area contributed by atoms with Gasteiger partial charge in [-0.2, -0.15) is 5.10 Å². The van der Waals surface area contributed by atoms with Crippen LogP contribution in [0, 0.1) is 0 Å². The van der Waals surface area contributed by atoms with E-state index in [-0.39, 0.29) is 5.41 Å². The molecule has 2 rings (SSSR count). The molecule has 0 atom stereocenters. The minimum atomic E-state index is -0.467. The molecule has 2 N–H and O–H groups in total. The Morgan fingerprint density at radius 2 is 1.76 bits per heavy atom. The Balaban J connectivity index is 2.52. The van der Waals surface area contributed by atoms with Crippen LogP contribution in [0.4, 0.5) is 0 Å². The molecule has 1 amide bonds. The van der Waals surface area contributed by atoms with Crippen LogP contribution in [-0.4, -0.2) is 15.7 Å². The fraction of sp³-hybridized carbons (Fsp3) is 0.412. The van der Waals surface area contributed by atoms with E-state index in [1.165, 1.54) is 5.56 Å². The maximum absolute atomic E-state index is 11.7. The van der Waals surface area contributed by atoms with E-state index in [1.807, 2.05) is 12.1 Å². The van der Waals surface area contributed by atoms with Crippen LogP contribution in [0.15, 0.2) is 30.3 Å². The fourth-order valence-corrected chi connectivity index (χ4v) is 2.12. The zero-order chi connectivity index (χ0) is 15.8. The molecule has 0 bridgehead atoms. The second-order valence-corrected chi connectivity index (χ2v) is 6.69. The lowest BCUT2D eigenvalue weighted by molar-refractivity contribution is 0.0993. The summed E-state index contributed by atoms with van der Waals surface area (Å²) in [4.78, 5) is 11.7. The quantitative estimate of drug-likeness (QED) is 0.939. The number of primary amides is 1. The van der Waals surface area contributed by atoms with Gasteiger partial charge in [-0.3, -0.25) is 4.79 Å². The van der Waals surface area contributed by atoms with Gasteiger partial charge < -0.3 is 5.73 Å². The third kappa shape index (κ3) is 3.15. The van der Waals surface area contributed by atoms with Crippen LogP contribution >= 0.6 is 0 Å². The van der Waals surface area contributed by atoms with Crippen LogP contribution in [-0.2, 0) is 5.41 Å². The van der Waals surface area contributed by atoms with E-state index in [2.05, 4.69) is 51.9 Å². The van der Waals surface area contributed by atoms with Gasteiger partial charge in [-0.25, -0.2) is 4.68 Å². The summed E-state index contributed by atoms with van der Waals surface area (Å²) in [5, 5.41) is 4.56. The van der Waals surface area contributed by atoms with Gasteiger partial charge in [0.25, 0.3) is 5.91 Å². The SMILES string of the molecule is CC(C)c1ccc(-n2nc(C(C)(C)C)cc2C(N)=O)cc1. The largest absolute Gasteiger partial charge is 0.364 e. The lowest BCUT2D eigenvalue weighted by atomic mass is 9.92. The number of carbonyl (C=O) groups is 1. The topological polar surface area (TPSA) is 60.9 Å².